The predicted molar refractivity (Wildman–Crippen MR) is 174 cm³/mol. The van der Waals surface area contributed by atoms with Gasteiger partial charge in [0.2, 0.25) is 0 Å². The van der Waals surface area contributed by atoms with Crippen molar-refractivity contribution in [3.8, 4) is 0 Å². The fourth-order valence-corrected chi connectivity index (χ4v) is 4.11. The van der Waals surface area contributed by atoms with E-state index in [0.717, 1.165) is 36.3 Å². The third-order valence-corrected chi connectivity index (χ3v) is 6.35. The van der Waals surface area contributed by atoms with Crippen LogP contribution >= 0.6 is 0 Å². The molecular formula is C38H47NOZr. The average Bonchev–Trinajstić information content (AvgIpc) is 3.48. The largest absolute Gasteiger partial charge is 4.00 e. The normalized spacial score (nSPS) is 13.4. The van der Waals surface area contributed by atoms with Crippen LogP contribution in [0.25, 0.3) is 5.32 Å². The monoisotopic (exact) mass is 623 g/mol. The van der Waals surface area contributed by atoms with Gasteiger partial charge < -0.3 is 10.1 Å². The van der Waals surface area contributed by atoms with Crippen LogP contribution in [-0.4, -0.2) is 19.3 Å². The minimum absolute atomic E-state index is 0. The Kier molecular flexibility index (Phi) is 18.5. The van der Waals surface area contributed by atoms with Gasteiger partial charge in [-0.15, -0.1) is 48.6 Å². The summed E-state index contributed by atoms with van der Waals surface area (Å²) in [6.07, 6.45) is 2.67. The molecular weight excluding hydrogens is 578 g/mol. The minimum Gasteiger partial charge on any atom is -0.682 e. The van der Waals surface area contributed by atoms with Gasteiger partial charge in [-0.25, -0.2) is 0 Å². The first kappa shape index (κ1) is 36.2. The van der Waals surface area contributed by atoms with E-state index in [1.54, 1.807) is 0 Å². The molecule has 0 radical (unpaired) electrons. The SMILES string of the molecule is CC(C)c1cccc(C(C)C)c1[N-]CC1CCCO1.[CH2-]c1ccccc1.[CH2-]c1ccccc1.[CH2-]c1ccccc1.[Zr+4]. The first-order valence-electron chi connectivity index (χ1n) is 14.3. The molecule has 5 rings (SSSR count). The Morgan fingerprint density at radius 1 is 0.634 bits per heavy atom. The second kappa shape index (κ2) is 20.9. The first-order chi connectivity index (χ1) is 19.3. The third-order valence-electron chi connectivity index (χ3n) is 6.35. The molecule has 1 unspecified atom stereocenters. The van der Waals surface area contributed by atoms with Crippen LogP contribution in [0.5, 0.6) is 0 Å². The molecule has 0 bridgehead atoms. The molecule has 1 heterocycles. The van der Waals surface area contributed by atoms with Crippen molar-refractivity contribution in [2.45, 2.75) is 58.5 Å². The zero-order valence-electron chi connectivity index (χ0n) is 25.4. The number of nitrogens with zero attached hydrogens (tertiary/aromatic N) is 1. The fourth-order valence-electron chi connectivity index (χ4n) is 4.11. The van der Waals surface area contributed by atoms with E-state index in [-0.39, 0.29) is 26.2 Å². The van der Waals surface area contributed by atoms with Crippen molar-refractivity contribution < 1.29 is 30.9 Å². The second-order valence-electron chi connectivity index (χ2n) is 10.5. The van der Waals surface area contributed by atoms with E-state index in [1.165, 1.54) is 23.2 Å². The maximum Gasteiger partial charge on any atom is 4.00 e. The molecule has 0 saturated carbocycles. The third kappa shape index (κ3) is 15.1. The Balaban J connectivity index is 0.000000313. The summed E-state index contributed by atoms with van der Waals surface area (Å²) in [6, 6.07) is 36.2. The molecule has 1 fully saturated rings. The van der Waals surface area contributed by atoms with Gasteiger partial charge in [0.15, 0.2) is 0 Å². The Morgan fingerprint density at radius 2 is 1.02 bits per heavy atom. The van der Waals surface area contributed by atoms with Gasteiger partial charge in [0.1, 0.15) is 0 Å². The molecule has 0 aromatic heterocycles. The maximum absolute atomic E-state index is 5.68. The average molecular weight is 625 g/mol. The summed E-state index contributed by atoms with van der Waals surface area (Å²) in [5.41, 5.74) is 7.16. The molecule has 1 atom stereocenters. The number of rotatable bonds is 5. The van der Waals surface area contributed by atoms with Crippen LogP contribution in [0.2, 0.25) is 0 Å². The summed E-state index contributed by atoms with van der Waals surface area (Å²) >= 11 is 0. The molecule has 3 heteroatoms. The molecule has 41 heavy (non-hydrogen) atoms. The van der Waals surface area contributed by atoms with Gasteiger partial charge in [-0.1, -0.05) is 75.2 Å². The molecule has 0 N–H and O–H groups in total. The van der Waals surface area contributed by atoms with Gasteiger partial charge in [0.05, 0.1) is 0 Å². The number of ether oxygens (including phenoxy) is 1. The Morgan fingerprint density at radius 3 is 1.29 bits per heavy atom. The number of benzene rings is 4. The van der Waals surface area contributed by atoms with Crippen molar-refractivity contribution in [3.63, 3.8) is 0 Å². The Labute approximate surface area is 270 Å². The van der Waals surface area contributed by atoms with Crippen LogP contribution in [0.3, 0.4) is 0 Å². The number of hydrogen-bond acceptors (Lipinski definition) is 1. The zero-order valence-corrected chi connectivity index (χ0v) is 27.9. The fraction of sp³-hybridized carbons (Fsp3) is 0.289. The molecule has 0 spiro atoms. The molecule has 214 valence electrons. The van der Waals surface area contributed by atoms with E-state index >= 15 is 0 Å². The van der Waals surface area contributed by atoms with Crippen LogP contribution < -0.4 is 0 Å². The van der Waals surface area contributed by atoms with E-state index < -0.39 is 0 Å². The quantitative estimate of drug-likeness (QED) is 0.203. The Hall–Kier alpha value is -2.87. The van der Waals surface area contributed by atoms with Crippen LogP contribution in [0.1, 0.15) is 80.2 Å². The van der Waals surface area contributed by atoms with Crippen molar-refractivity contribution in [3.05, 3.63) is 163 Å². The number of hydrogen-bond donors (Lipinski definition) is 0. The van der Waals surface area contributed by atoms with Crippen molar-refractivity contribution >= 4 is 5.69 Å². The molecule has 1 aliphatic heterocycles. The number of para-hydroxylation sites is 1. The summed E-state index contributed by atoms with van der Waals surface area (Å²) in [5, 5.41) is 4.91. The van der Waals surface area contributed by atoms with Crippen molar-refractivity contribution in [2.75, 3.05) is 13.2 Å². The van der Waals surface area contributed by atoms with Gasteiger partial charge in [-0.3, -0.25) is 0 Å². The van der Waals surface area contributed by atoms with Crippen LogP contribution in [-0.2, 0) is 30.9 Å². The summed E-state index contributed by atoms with van der Waals surface area (Å²) in [4.78, 5) is 0. The maximum atomic E-state index is 5.68. The Bertz CT molecular complexity index is 1060. The second-order valence-corrected chi connectivity index (χ2v) is 10.5. The van der Waals surface area contributed by atoms with E-state index in [0.29, 0.717) is 17.9 Å². The predicted octanol–water partition coefficient (Wildman–Crippen LogP) is 10.7. The van der Waals surface area contributed by atoms with Gasteiger partial charge in [-0.05, 0) is 24.7 Å². The molecule has 4 aromatic rings. The zero-order chi connectivity index (χ0) is 29.2. The van der Waals surface area contributed by atoms with Crippen LogP contribution in [0.4, 0.5) is 5.69 Å². The summed E-state index contributed by atoms with van der Waals surface area (Å²) < 4.78 is 5.68. The van der Waals surface area contributed by atoms with E-state index in [4.69, 9.17) is 10.1 Å². The summed E-state index contributed by atoms with van der Waals surface area (Å²) in [7, 11) is 0. The minimum atomic E-state index is 0. The van der Waals surface area contributed by atoms with Crippen LogP contribution in [0.15, 0.2) is 109 Å². The van der Waals surface area contributed by atoms with Crippen LogP contribution in [0, 0.1) is 20.8 Å². The smallest absolute Gasteiger partial charge is 0.682 e. The van der Waals surface area contributed by atoms with Gasteiger partial charge in [0, 0.05) is 12.7 Å². The molecule has 2 nitrogen and oxygen atoms in total. The van der Waals surface area contributed by atoms with Crippen molar-refractivity contribution in [1.29, 1.82) is 0 Å². The topological polar surface area (TPSA) is 23.3 Å². The molecule has 4 aromatic carbocycles. The van der Waals surface area contributed by atoms with Gasteiger partial charge in [-0.2, -0.15) is 73.9 Å². The molecule has 0 aliphatic carbocycles. The first-order valence-corrected chi connectivity index (χ1v) is 14.3. The standard InChI is InChI=1S/C17H26NO.3C7H7.Zr/c1-12(2)15-8-5-9-16(13(3)4)17(15)18-11-14-7-6-10-19-14;3*1-7-5-3-2-4-6-7;/h5,8-9,12-14H,6-7,10-11H2,1-4H3;3*2-6H,1H2;/q4*-1;+4. The molecule has 0 amide bonds. The van der Waals surface area contributed by atoms with E-state index in [9.17, 15) is 0 Å². The van der Waals surface area contributed by atoms with Gasteiger partial charge in [0.25, 0.3) is 0 Å². The van der Waals surface area contributed by atoms with Crippen molar-refractivity contribution in [1.82, 2.24) is 0 Å². The molecule has 1 saturated heterocycles. The summed E-state index contributed by atoms with van der Waals surface area (Å²) in [6.45, 7) is 21.8. The van der Waals surface area contributed by atoms with E-state index in [1.807, 2.05) is 91.0 Å². The summed E-state index contributed by atoms with van der Waals surface area (Å²) in [5.74, 6) is 1.03. The van der Waals surface area contributed by atoms with Gasteiger partial charge >= 0.3 is 26.2 Å². The van der Waals surface area contributed by atoms with Crippen molar-refractivity contribution in [2.24, 2.45) is 0 Å². The molecule has 1 aliphatic rings. The van der Waals surface area contributed by atoms with E-state index in [2.05, 4.69) is 66.7 Å².